The molecule has 6 nitrogen and oxygen atoms in total. The number of ether oxygens (including phenoxy) is 1. The Labute approximate surface area is 142 Å². The lowest BCUT2D eigenvalue weighted by molar-refractivity contribution is -0.120. The second-order valence-electron chi connectivity index (χ2n) is 6.76. The Balaban J connectivity index is 1.44. The first-order valence-corrected chi connectivity index (χ1v) is 8.65. The van der Waals surface area contributed by atoms with Gasteiger partial charge in [0.2, 0.25) is 5.91 Å². The lowest BCUT2D eigenvalue weighted by Crippen LogP contribution is -2.46. The molecule has 2 fully saturated rings. The van der Waals surface area contributed by atoms with Crippen molar-refractivity contribution in [2.24, 2.45) is 5.92 Å². The summed E-state index contributed by atoms with van der Waals surface area (Å²) < 4.78 is 5.69. The highest BCUT2D eigenvalue weighted by molar-refractivity contribution is 5.98. The molecule has 1 atom stereocenters. The van der Waals surface area contributed by atoms with Crippen molar-refractivity contribution in [3.63, 3.8) is 0 Å². The van der Waals surface area contributed by atoms with E-state index < -0.39 is 12.1 Å². The molecule has 0 aromatic heterocycles. The van der Waals surface area contributed by atoms with Gasteiger partial charge < -0.3 is 15.4 Å². The first kappa shape index (κ1) is 16.8. The number of anilines is 1. The summed E-state index contributed by atoms with van der Waals surface area (Å²) in [7, 11) is 0. The largest absolute Gasteiger partial charge is 0.376 e. The van der Waals surface area contributed by atoms with Gasteiger partial charge in [-0.3, -0.25) is 10.1 Å². The maximum atomic E-state index is 12.0. The van der Waals surface area contributed by atoms with Gasteiger partial charge in [0.25, 0.3) is 0 Å². The number of nitrogens with one attached hydrogen (secondary N) is 3. The maximum Gasteiger partial charge on any atom is 0.321 e. The number of imide groups is 1. The van der Waals surface area contributed by atoms with Crippen LogP contribution in [0.2, 0.25) is 0 Å². The highest BCUT2D eigenvalue weighted by Crippen LogP contribution is 2.29. The number of carbonyl (C=O) groups excluding carboxylic acids is 2. The van der Waals surface area contributed by atoms with Crippen molar-refractivity contribution in [1.82, 2.24) is 10.6 Å². The van der Waals surface area contributed by atoms with Gasteiger partial charge >= 0.3 is 6.03 Å². The van der Waals surface area contributed by atoms with Crippen LogP contribution in [0.5, 0.6) is 0 Å². The smallest absolute Gasteiger partial charge is 0.321 e. The number of carbonyl (C=O) groups is 2. The molecular formula is C18H25N3O3. The number of amides is 3. The van der Waals surface area contributed by atoms with Gasteiger partial charge in [0.1, 0.15) is 6.04 Å². The zero-order valence-electron chi connectivity index (χ0n) is 14.0. The molecule has 0 spiro atoms. The SMILES string of the molecule is C[C@@H](Nc1cccc(COCC2CC2)c1)C(=O)NC(=O)NC1CC1. The quantitative estimate of drug-likeness (QED) is 0.683. The van der Waals surface area contributed by atoms with E-state index in [9.17, 15) is 9.59 Å². The van der Waals surface area contributed by atoms with Gasteiger partial charge in [0, 0.05) is 18.3 Å². The molecule has 2 aliphatic carbocycles. The number of urea groups is 1. The van der Waals surface area contributed by atoms with Gasteiger partial charge in [-0.2, -0.15) is 0 Å². The summed E-state index contributed by atoms with van der Waals surface area (Å²) in [4.78, 5) is 23.6. The summed E-state index contributed by atoms with van der Waals surface area (Å²) in [5.74, 6) is 0.403. The number of rotatable bonds is 8. The van der Waals surface area contributed by atoms with E-state index in [0.717, 1.165) is 36.6 Å². The summed E-state index contributed by atoms with van der Waals surface area (Å²) in [6, 6.07) is 7.12. The van der Waals surface area contributed by atoms with E-state index in [1.807, 2.05) is 24.3 Å². The monoisotopic (exact) mass is 331 g/mol. The maximum absolute atomic E-state index is 12.0. The van der Waals surface area contributed by atoms with Crippen molar-refractivity contribution in [1.29, 1.82) is 0 Å². The van der Waals surface area contributed by atoms with Gasteiger partial charge in [-0.25, -0.2) is 4.79 Å². The van der Waals surface area contributed by atoms with Gasteiger partial charge in [0.15, 0.2) is 0 Å². The van der Waals surface area contributed by atoms with E-state index in [4.69, 9.17) is 4.74 Å². The molecule has 2 saturated carbocycles. The first-order chi connectivity index (χ1) is 11.6. The fourth-order valence-corrected chi connectivity index (χ4v) is 2.36. The van der Waals surface area contributed by atoms with Crippen LogP contribution in [-0.4, -0.2) is 30.6 Å². The number of hydrogen-bond donors (Lipinski definition) is 3. The summed E-state index contributed by atoms with van der Waals surface area (Å²) in [5, 5.41) is 8.22. The third-order valence-electron chi connectivity index (χ3n) is 4.17. The molecule has 0 radical (unpaired) electrons. The molecular weight excluding hydrogens is 306 g/mol. The Bertz CT molecular complexity index is 597. The molecule has 3 N–H and O–H groups in total. The molecule has 3 rings (SSSR count). The van der Waals surface area contributed by atoms with Crippen LogP contribution in [0.25, 0.3) is 0 Å². The summed E-state index contributed by atoms with van der Waals surface area (Å²) in [5.41, 5.74) is 1.91. The molecule has 130 valence electrons. The second kappa shape index (κ2) is 7.66. The Morgan fingerprint density at radius 2 is 2.04 bits per heavy atom. The summed E-state index contributed by atoms with van der Waals surface area (Å²) in [6.45, 7) is 3.14. The zero-order chi connectivity index (χ0) is 16.9. The molecule has 0 unspecified atom stereocenters. The summed E-state index contributed by atoms with van der Waals surface area (Å²) >= 11 is 0. The van der Waals surface area contributed by atoms with Crippen LogP contribution in [0.4, 0.5) is 10.5 Å². The number of hydrogen-bond acceptors (Lipinski definition) is 4. The van der Waals surface area contributed by atoms with E-state index in [-0.39, 0.29) is 11.9 Å². The second-order valence-corrected chi connectivity index (χ2v) is 6.76. The average molecular weight is 331 g/mol. The Hall–Kier alpha value is -2.08. The van der Waals surface area contributed by atoms with Gasteiger partial charge in [0.05, 0.1) is 6.61 Å². The van der Waals surface area contributed by atoms with Crippen LogP contribution < -0.4 is 16.0 Å². The van der Waals surface area contributed by atoms with Crippen LogP contribution in [0.3, 0.4) is 0 Å². The molecule has 6 heteroatoms. The van der Waals surface area contributed by atoms with E-state index in [0.29, 0.717) is 6.61 Å². The van der Waals surface area contributed by atoms with E-state index >= 15 is 0 Å². The molecule has 0 saturated heterocycles. The van der Waals surface area contributed by atoms with Crippen LogP contribution in [0.15, 0.2) is 24.3 Å². The van der Waals surface area contributed by atoms with Crippen LogP contribution in [0, 0.1) is 5.92 Å². The Kier molecular flexibility index (Phi) is 5.35. The predicted molar refractivity (Wildman–Crippen MR) is 91.6 cm³/mol. The summed E-state index contributed by atoms with van der Waals surface area (Å²) in [6.07, 6.45) is 4.54. The normalized spacial score (nSPS) is 17.9. The van der Waals surface area contributed by atoms with Crippen molar-refractivity contribution >= 4 is 17.6 Å². The van der Waals surface area contributed by atoms with Crippen molar-refractivity contribution in [2.75, 3.05) is 11.9 Å². The molecule has 24 heavy (non-hydrogen) atoms. The molecule has 1 aromatic carbocycles. The average Bonchev–Trinajstić information content (AvgIpc) is 3.43. The van der Waals surface area contributed by atoms with Crippen LogP contribution >= 0.6 is 0 Å². The lowest BCUT2D eigenvalue weighted by atomic mass is 10.2. The minimum Gasteiger partial charge on any atom is -0.376 e. The third-order valence-corrected chi connectivity index (χ3v) is 4.17. The van der Waals surface area contributed by atoms with Crippen LogP contribution in [-0.2, 0) is 16.1 Å². The highest BCUT2D eigenvalue weighted by atomic mass is 16.5. The fraction of sp³-hybridized carbons (Fsp3) is 0.556. The molecule has 0 aliphatic heterocycles. The van der Waals surface area contributed by atoms with Crippen molar-refractivity contribution in [3.05, 3.63) is 29.8 Å². The van der Waals surface area contributed by atoms with Crippen molar-refractivity contribution in [2.45, 2.75) is 51.3 Å². The standard InChI is InChI=1S/C18H25N3O3/c1-12(17(22)21-18(23)20-15-7-8-15)19-16-4-2-3-14(9-16)11-24-10-13-5-6-13/h2-4,9,12-13,15,19H,5-8,10-11H2,1H3,(H2,20,21,22,23)/t12-/m1/s1. The van der Waals surface area contributed by atoms with Crippen molar-refractivity contribution < 1.29 is 14.3 Å². The predicted octanol–water partition coefficient (Wildman–Crippen LogP) is 2.40. The highest BCUT2D eigenvalue weighted by Gasteiger charge is 2.25. The van der Waals surface area contributed by atoms with Gasteiger partial charge in [-0.1, -0.05) is 12.1 Å². The van der Waals surface area contributed by atoms with E-state index in [1.54, 1.807) is 6.92 Å². The lowest BCUT2D eigenvalue weighted by Gasteiger charge is -2.15. The minimum absolute atomic E-state index is 0.230. The number of benzene rings is 1. The van der Waals surface area contributed by atoms with Gasteiger partial charge in [-0.15, -0.1) is 0 Å². The molecule has 0 heterocycles. The van der Waals surface area contributed by atoms with E-state index in [1.165, 1.54) is 12.8 Å². The minimum atomic E-state index is -0.502. The zero-order valence-corrected chi connectivity index (χ0v) is 14.0. The Morgan fingerprint density at radius 1 is 1.25 bits per heavy atom. The van der Waals surface area contributed by atoms with Crippen LogP contribution in [0.1, 0.15) is 38.2 Å². The molecule has 1 aromatic rings. The van der Waals surface area contributed by atoms with Crippen molar-refractivity contribution in [3.8, 4) is 0 Å². The Morgan fingerprint density at radius 3 is 2.75 bits per heavy atom. The topological polar surface area (TPSA) is 79.5 Å². The fourth-order valence-electron chi connectivity index (χ4n) is 2.36. The van der Waals surface area contributed by atoms with Gasteiger partial charge in [-0.05, 0) is 56.2 Å². The third kappa shape index (κ3) is 5.53. The molecule has 3 amide bonds. The molecule has 0 bridgehead atoms. The van der Waals surface area contributed by atoms with E-state index in [2.05, 4.69) is 16.0 Å². The molecule has 2 aliphatic rings. The first-order valence-electron chi connectivity index (χ1n) is 8.65.